The molecule has 1 aliphatic rings. The smallest absolute Gasteiger partial charge is 0.314 e. The number of ether oxygens (including phenoxy) is 1. The van der Waals surface area contributed by atoms with Crippen molar-refractivity contribution < 1.29 is 9.53 Å². The first-order valence-corrected chi connectivity index (χ1v) is 7.92. The minimum absolute atomic E-state index is 0.0753. The SMILES string of the molecule is CCOCCCNC(=O)NCC1(c2ccccc2)CCC1. The van der Waals surface area contributed by atoms with Crippen LogP contribution in [-0.4, -0.2) is 32.3 Å². The number of carbonyl (C=O) groups is 1. The maximum Gasteiger partial charge on any atom is 0.314 e. The third-order valence-electron chi connectivity index (χ3n) is 4.24. The first kappa shape index (κ1) is 15.8. The van der Waals surface area contributed by atoms with E-state index in [4.69, 9.17) is 4.74 Å². The molecule has 0 heterocycles. The van der Waals surface area contributed by atoms with Crippen LogP contribution in [0.25, 0.3) is 0 Å². The third-order valence-corrected chi connectivity index (χ3v) is 4.24. The topological polar surface area (TPSA) is 50.4 Å². The van der Waals surface area contributed by atoms with Gasteiger partial charge in [0, 0.05) is 31.7 Å². The van der Waals surface area contributed by atoms with Gasteiger partial charge in [-0.05, 0) is 31.7 Å². The maximum absolute atomic E-state index is 11.8. The number of hydrogen-bond acceptors (Lipinski definition) is 2. The first-order valence-electron chi connectivity index (χ1n) is 7.92. The molecule has 0 spiro atoms. The molecule has 1 aliphatic carbocycles. The van der Waals surface area contributed by atoms with E-state index in [1.165, 1.54) is 12.0 Å². The van der Waals surface area contributed by atoms with Crippen LogP contribution in [0.15, 0.2) is 30.3 Å². The van der Waals surface area contributed by atoms with Gasteiger partial charge in [-0.25, -0.2) is 4.79 Å². The molecule has 0 atom stereocenters. The standard InChI is InChI=1S/C17H26N2O2/c1-2-21-13-7-12-18-16(20)19-14-17(10-6-11-17)15-8-4-3-5-9-15/h3-5,8-9H,2,6-7,10-14H2,1H3,(H2,18,19,20). The van der Waals surface area contributed by atoms with Crippen LogP contribution < -0.4 is 10.6 Å². The lowest BCUT2D eigenvalue weighted by molar-refractivity contribution is 0.145. The highest BCUT2D eigenvalue weighted by molar-refractivity contribution is 5.74. The number of amides is 2. The quantitative estimate of drug-likeness (QED) is 0.723. The largest absolute Gasteiger partial charge is 0.382 e. The minimum Gasteiger partial charge on any atom is -0.382 e. The summed E-state index contributed by atoms with van der Waals surface area (Å²) in [7, 11) is 0. The second-order valence-electron chi connectivity index (χ2n) is 5.66. The van der Waals surface area contributed by atoms with E-state index in [0.717, 1.165) is 25.9 Å². The first-order chi connectivity index (χ1) is 10.3. The summed E-state index contributed by atoms with van der Waals surface area (Å²) < 4.78 is 5.24. The number of rotatable bonds is 8. The third kappa shape index (κ3) is 4.46. The number of carbonyl (C=O) groups excluding carboxylic acids is 1. The molecule has 21 heavy (non-hydrogen) atoms. The van der Waals surface area contributed by atoms with Crippen LogP contribution in [0.3, 0.4) is 0 Å². The number of urea groups is 1. The van der Waals surface area contributed by atoms with E-state index < -0.39 is 0 Å². The molecule has 4 nitrogen and oxygen atoms in total. The lowest BCUT2D eigenvalue weighted by atomic mass is 9.64. The molecule has 1 aromatic carbocycles. The molecule has 1 saturated carbocycles. The second kappa shape index (κ2) is 8.03. The maximum atomic E-state index is 11.8. The predicted molar refractivity (Wildman–Crippen MR) is 84.5 cm³/mol. The average molecular weight is 290 g/mol. The van der Waals surface area contributed by atoms with Gasteiger partial charge < -0.3 is 15.4 Å². The van der Waals surface area contributed by atoms with Crippen LogP contribution in [0.4, 0.5) is 4.79 Å². The predicted octanol–water partition coefficient (Wildman–Crippen LogP) is 2.83. The van der Waals surface area contributed by atoms with Crippen LogP contribution in [0.2, 0.25) is 0 Å². The van der Waals surface area contributed by atoms with Crippen LogP contribution in [0, 0.1) is 0 Å². The van der Waals surface area contributed by atoms with Gasteiger partial charge in [-0.2, -0.15) is 0 Å². The van der Waals surface area contributed by atoms with E-state index >= 15 is 0 Å². The molecular formula is C17H26N2O2. The number of hydrogen-bond donors (Lipinski definition) is 2. The fraction of sp³-hybridized carbons (Fsp3) is 0.588. The Labute approximate surface area is 127 Å². The molecule has 2 amide bonds. The molecule has 1 fully saturated rings. The van der Waals surface area contributed by atoms with Crippen molar-refractivity contribution in [3.63, 3.8) is 0 Å². The summed E-state index contributed by atoms with van der Waals surface area (Å²) in [5, 5.41) is 5.91. The summed E-state index contributed by atoms with van der Waals surface area (Å²) in [4.78, 5) is 11.8. The minimum atomic E-state index is -0.0753. The van der Waals surface area contributed by atoms with Gasteiger partial charge in [0.05, 0.1) is 0 Å². The molecule has 2 N–H and O–H groups in total. The average Bonchev–Trinajstić information content (AvgIpc) is 2.47. The summed E-state index contributed by atoms with van der Waals surface area (Å²) >= 11 is 0. The summed E-state index contributed by atoms with van der Waals surface area (Å²) in [5.41, 5.74) is 1.48. The Balaban J connectivity index is 1.72. The highest BCUT2D eigenvalue weighted by Crippen LogP contribution is 2.43. The number of benzene rings is 1. The Kier molecular flexibility index (Phi) is 6.05. The lowest BCUT2D eigenvalue weighted by Gasteiger charge is -2.42. The van der Waals surface area contributed by atoms with Crippen molar-refractivity contribution in [1.82, 2.24) is 10.6 Å². The Morgan fingerprint density at radius 2 is 2.00 bits per heavy atom. The summed E-state index contributed by atoms with van der Waals surface area (Å²) in [5.74, 6) is 0. The van der Waals surface area contributed by atoms with Crippen molar-refractivity contribution in [2.75, 3.05) is 26.3 Å². The molecule has 4 heteroatoms. The Bertz CT molecular complexity index is 430. The zero-order chi connectivity index (χ0) is 15.0. The Morgan fingerprint density at radius 3 is 2.62 bits per heavy atom. The van der Waals surface area contributed by atoms with Gasteiger partial charge in [0.1, 0.15) is 0 Å². The van der Waals surface area contributed by atoms with Crippen LogP contribution in [-0.2, 0) is 10.2 Å². The van der Waals surface area contributed by atoms with Crippen LogP contribution >= 0.6 is 0 Å². The van der Waals surface area contributed by atoms with E-state index in [-0.39, 0.29) is 11.4 Å². The van der Waals surface area contributed by atoms with Crippen molar-refractivity contribution in [1.29, 1.82) is 0 Å². The summed E-state index contributed by atoms with van der Waals surface area (Å²) in [6, 6.07) is 10.4. The highest BCUT2D eigenvalue weighted by atomic mass is 16.5. The summed E-state index contributed by atoms with van der Waals surface area (Å²) in [6.07, 6.45) is 4.40. The highest BCUT2D eigenvalue weighted by Gasteiger charge is 2.38. The lowest BCUT2D eigenvalue weighted by Crippen LogP contribution is -2.48. The fourth-order valence-corrected chi connectivity index (χ4v) is 2.80. The fourth-order valence-electron chi connectivity index (χ4n) is 2.80. The van der Waals surface area contributed by atoms with Crippen LogP contribution in [0.5, 0.6) is 0 Å². The van der Waals surface area contributed by atoms with Crippen molar-refractivity contribution in [2.24, 2.45) is 0 Å². The van der Waals surface area contributed by atoms with Crippen molar-refractivity contribution in [3.8, 4) is 0 Å². The monoisotopic (exact) mass is 290 g/mol. The second-order valence-corrected chi connectivity index (χ2v) is 5.66. The number of nitrogens with one attached hydrogen (secondary N) is 2. The van der Waals surface area contributed by atoms with Gasteiger partial charge in [-0.1, -0.05) is 36.8 Å². The zero-order valence-electron chi connectivity index (χ0n) is 12.9. The van der Waals surface area contributed by atoms with Crippen molar-refractivity contribution in [3.05, 3.63) is 35.9 Å². The molecule has 0 aliphatic heterocycles. The molecule has 0 aromatic heterocycles. The summed E-state index contributed by atoms with van der Waals surface area (Å²) in [6.45, 7) is 4.77. The van der Waals surface area contributed by atoms with Gasteiger partial charge in [-0.3, -0.25) is 0 Å². The molecule has 116 valence electrons. The Morgan fingerprint density at radius 1 is 1.24 bits per heavy atom. The van der Waals surface area contributed by atoms with Crippen LogP contribution in [0.1, 0.15) is 38.2 Å². The zero-order valence-corrected chi connectivity index (χ0v) is 12.9. The van der Waals surface area contributed by atoms with E-state index in [9.17, 15) is 4.79 Å². The van der Waals surface area contributed by atoms with Crippen molar-refractivity contribution >= 4 is 6.03 Å². The van der Waals surface area contributed by atoms with E-state index in [1.54, 1.807) is 0 Å². The molecule has 0 unspecified atom stereocenters. The van der Waals surface area contributed by atoms with E-state index in [2.05, 4.69) is 34.9 Å². The molecule has 2 rings (SSSR count). The van der Waals surface area contributed by atoms with Gasteiger partial charge >= 0.3 is 6.03 Å². The van der Waals surface area contributed by atoms with E-state index in [0.29, 0.717) is 19.7 Å². The molecule has 1 aromatic rings. The van der Waals surface area contributed by atoms with Gasteiger partial charge in [0.15, 0.2) is 0 Å². The molecule has 0 bridgehead atoms. The van der Waals surface area contributed by atoms with Crippen molar-refractivity contribution in [2.45, 2.75) is 38.0 Å². The van der Waals surface area contributed by atoms with Gasteiger partial charge in [-0.15, -0.1) is 0 Å². The molecular weight excluding hydrogens is 264 g/mol. The molecule has 0 radical (unpaired) electrons. The van der Waals surface area contributed by atoms with E-state index in [1.807, 2.05) is 13.0 Å². The van der Waals surface area contributed by atoms with Gasteiger partial charge in [0.25, 0.3) is 0 Å². The Hall–Kier alpha value is -1.55. The van der Waals surface area contributed by atoms with Gasteiger partial charge in [0.2, 0.25) is 0 Å². The normalized spacial score (nSPS) is 16.0. The molecule has 0 saturated heterocycles.